The zero-order valence-corrected chi connectivity index (χ0v) is 21.5. The van der Waals surface area contributed by atoms with Crippen LogP contribution in [-0.2, 0) is 26.2 Å². The molecule has 0 bridgehead atoms. The number of methoxy groups -OCH3 is 1. The summed E-state index contributed by atoms with van der Waals surface area (Å²) in [4.78, 5) is 27.2. The van der Waals surface area contributed by atoms with Crippen LogP contribution in [0.1, 0.15) is 31.7 Å². The molecular weight excluding hydrogens is 478 g/mol. The molecule has 0 aliphatic rings. The molecule has 0 unspecified atom stereocenters. The van der Waals surface area contributed by atoms with E-state index in [4.69, 9.17) is 16.3 Å². The van der Waals surface area contributed by atoms with Crippen molar-refractivity contribution in [3.8, 4) is 5.75 Å². The lowest BCUT2D eigenvalue weighted by molar-refractivity contribution is -0.141. The Morgan fingerprint density at radius 3 is 2.38 bits per heavy atom. The molecule has 10 heteroatoms. The fraction of sp³-hybridized carbons (Fsp3) is 0.417. The highest BCUT2D eigenvalue weighted by Crippen LogP contribution is 2.24. The summed E-state index contributed by atoms with van der Waals surface area (Å²) in [5, 5.41) is 3.20. The smallest absolute Gasteiger partial charge is 0.242 e. The summed E-state index contributed by atoms with van der Waals surface area (Å²) in [6.07, 6.45) is 1.93. The van der Waals surface area contributed by atoms with Gasteiger partial charge in [-0.15, -0.1) is 0 Å². The topological polar surface area (TPSA) is 96.0 Å². The second-order valence-corrected chi connectivity index (χ2v) is 10.2. The lowest BCUT2D eigenvalue weighted by Crippen LogP contribution is -2.48. The van der Waals surface area contributed by atoms with Crippen LogP contribution < -0.4 is 14.4 Å². The number of halogens is 1. The van der Waals surface area contributed by atoms with Gasteiger partial charge in [0.15, 0.2) is 0 Å². The predicted octanol–water partition coefficient (Wildman–Crippen LogP) is 3.45. The number of rotatable bonds is 12. The number of benzene rings is 2. The maximum absolute atomic E-state index is 13.2. The second-order valence-electron chi connectivity index (χ2n) is 7.83. The number of ether oxygens (including phenoxy) is 1. The Hall–Kier alpha value is -2.78. The standard InChI is InChI=1S/C24H32ClN3O5S/c1-5-22(24(30)26-2)27(17-18-11-13-19(25)14-12-18)23(29)10-7-15-28(34(4,31)32)20-8-6-9-21(16-20)33-3/h6,8-9,11-14,16,22H,5,7,10,15,17H2,1-4H3,(H,26,30)/t22-/m0/s1. The first-order chi connectivity index (χ1) is 16.1. The van der Waals surface area contributed by atoms with E-state index in [1.807, 2.05) is 19.1 Å². The summed E-state index contributed by atoms with van der Waals surface area (Å²) in [5.74, 6) is 0.0520. The third kappa shape index (κ3) is 7.63. The van der Waals surface area contributed by atoms with Crippen molar-refractivity contribution in [3.63, 3.8) is 0 Å². The van der Waals surface area contributed by atoms with Gasteiger partial charge in [0.2, 0.25) is 21.8 Å². The Labute approximate surface area is 206 Å². The van der Waals surface area contributed by atoms with Crippen molar-refractivity contribution in [2.24, 2.45) is 0 Å². The molecule has 1 atom stereocenters. The zero-order valence-electron chi connectivity index (χ0n) is 20.0. The SMILES string of the molecule is CC[C@@H](C(=O)NC)N(Cc1ccc(Cl)cc1)C(=O)CCCN(c1cccc(OC)c1)S(C)(=O)=O. The number of carbonyl (C=O) groups is 2. The number of nitrogens with one attached hydrogen (secondary N) is 1. The first kappa shape index (κ1) is 27.5. The van der Waals surface area contributed by atoms with Crippen molar-refractivity contribution in [2.45, 2.75) is 38.8 Å². The molecule has 186 valence electrons. The molecule has 8 nitrogen and oxygen atoms in total. The predicted molar refractivity (Wildman–Crippen MR) is 135 cm³/mol. The van der Waals surface area contributed by atoms with Gasteiger partial charge in [-0.3, -0.25) is 13.9 Å². The maximum Gasteiger partial charge on any atom is 0.242 e. The van der Waals surface area contributed by atoms with E-state index in [-0.39, 0.29) is 37.7 Å². The molecule has 0 saturated carbocycles. The zero-order chi connectivity index (χ0) is 25.3. The number of nitrogens with zero attached hydrogens (tertiary/aromatic N) is 2. The summed E-state index contributed by atoms with van der Waals surface area (Å²) in [6, 6.07) is 13.2. The van der Waals surface area contributed by atoms with Crippen molar-refractivity contribution in [1.29, 1.82) is 0 Å². The van der Waals surface area contributed by atoms with E-state index in [0.717, 1.165) is 11.8 Å². The third-order valence-electron chi connectivity index (χ3n) is 5.39. The summed E-state index contributed by atoms with van der Waals surface area (Å²) in [6.45, 7) is 2.20. The largest absolute Gasteiger partial charge is 0.497 e. The molecule has 0 fully saturated rings. The third-order valence-corrected chi connectivity index (χ3v) is 6.84. The van der Waals surface area contributed by atoms with Crippen molar-refractivity contribution in [1.82, 2.24) is 10.2 Å². The number of carbonyl (C=O) groups excluding carboxylic acids is 2. The Morgan fingerprint density at radius 1 is 1.15 bits per heavy atom. The molecular formula is C24H32ClN3O5S. The van der Waals surface area contributed by atoms with Crippen LogP contribution in [0.4, 0.5) is 5.69 Å². The molecule has 0 heterocycles. The van der Waals surface area contributed by atoms with Crippen LogP contribution in [0.15, 0.2) is 48.5 Å². The van der Waals surface area contributed by atoms with Crippen LogP contribution >= 0.6 is 11.6 Å². The number of sulfonamides is 1. The van der Waals surface area contributed by atoms with Gasteiger partial charge < -0.3 is 15.0 Å². The molecule has 0 saturated heterocycles. The molecule has 0 aliphatic heterocycles. The second kappa shape index (κ2) is 12.6. The van der Waals surface area contributed by atoms with Crippen LogP contribution in [0.25, 0.3) is 0 Å². The fourth-order valence-electron chi connectivity index (χ4n) is 3.64. The minimum absolute atomic E-state index is 0.0804. The highest BCUT2D eigenvalue weighted by molar-refractivity contribution is 7.92. The summed E-state index contributed by atoms with van der Waals surface area (Å²) in [5.41, 5.74) is 1.30. The van der Waals surface area contributed by atoms with Gasteiger partial charge in [-0.25, -0.2) is 8.42 Å². The van der Waals surface area contributed by atoms with Crippen LogP contribution in [-0.4, -0.2) is 58.1 Å². The van der Waals surface area contributed by atoms with Crippen molar-refractivity contribution in [3.05, 3.63) is 59.1 Å². The highest BCUT2D eigenvalue weighted by Gasteiger charge is 2.28. The molecule has 0 aromatic heterocycles. The van der Waals surface area contributed by atoms with Gasteiger partial charge in [-0.05, 0) is 42.7 Å². The van der Waals surface area contributed by atoms with Gasteiger partial charge in [0, 0.05) is 37.6 Å². The first-order valence-corrected chi connectivity index (χ1v) is 13.2. The van der Waals surface area contributed by atoms with Gasteiger partial charge >= 0.3 is 0 Å². The van der Waals surface area contributed by atoms with Gasteiger partial charge in [-0.2, -0.15) is 0 Å². The number of hydrogen-bond donors (Lipinski definition) is 1. The number of hydrogen-bond acceptors (Lipinski definition) is 5. The Balaban J connectivity index is 2.19. The van der Waals surface area contributed by atoms with E-state index >= 15 is 0 Å². The average Bonchev–Trinajstić information content (AvgIpc) is 2.81. The molecule has 2 aromatic rings. The molecule has 0 radical (unpaired) electrons. The van der Waals surface area contributed by atoms with Crippen LogP contribution in [0.5, 0.6) is 5.75 Å². The van der Waals surface area contributed by atoms with E-state index in [2.05, 4.69) is 5.32 Å². The number of likely N-dealkylation sites (N-methyl/N-ethyl adjacent to an activating group) is 1. The van der Waals surface area contributed by atoms with E-state index in [9.17, 15) is 18.0 Å². The van der Waals surface area contributed by atoms with E-state index in [0.29, 0.717) is 22.9 Å². The molecule has 2 aromatic carbocycles. The van der Waals surface area contributed by atoms with E-state index in [1.54, 1.807) is 41.3 Å². The Morgan fingerprint density at radius 2 is 1.82 bits per heavy atom. The van der Waals surface area contributed by atoms with Crippen molar-refractivity contribution in [2.75, 3.05) is 31.3 Å². The minimum atomic E-state index is -3.58. The van der Waals surface area contributed by atoms with E-state index < -0.39 is 16.1 Å². The lowest BCUT2D eigenvalue weighted by atomic mass is 10.1. The lowest BCUT2D eigenvalue weighted by Gasteiger charge is -2.30. The molecule has 0 aliphatic carbocycles. The van der Waals surface area contributed by atoms with Crippen molar-refractivity contribution >= 4 is 39.1 Å². The quantitative estimate of drug-likeness (QED) is 0.472. The monoisotopic (exact) mass is 509 g/mol. The molecule has 1 N–H and O–H groups in total. The van der Waals surface area contributed by atoms with Crippen molar-refractivity contribution < 1.29 is 22.7 Å². The minimum Gasteiger partial charge on any atom is -0.497 e. The molecule has 34 heavy (non-hydrogen) atoms. The van der Waals surface area contributed by atoms with Crippen LogP contribution in [0, 0.1) is 0 Å². The number of amides is 2. The van der Waals surface area contributed by atoms with Gasteiger partial charge in [-0.1, -0.05) is 36.7 Å². The normalized spacial score (nSPS) is 12.0. The Bertz CT molecular complexity index is 1080. The van der Waals surface area contributed by atoms with Crippen LogP contribution in [0.2, 0.25) is 5.02 Å². The van der Waals surface area contributed by atoms with Gasteiger partial charge in [0.1, 0.15) is 11.8 Å². The maximum atomic E-state index is 13.2. The molecule has 0 spiro atoms. The summed E-state index contributed by atoms with van der Waals surface area (Å²) >= 11 is 5.97. The number of anilines is 1. The summed E-state index contributed by atoms with van der Waals surface area (Å²) < 4.78 is 31.3. The molecule has 2 rings (SSSR count). The van der Waals surface area contributed by atoms with Crippen LogP contribution in [0.3, 0.4) is 0 Å². The highest BCUT2D eigenvalue weighted by atomic mass is 35.5. The fourth-order valence-corrected chi connectivity index (χ4v) is 4.73. The first-order valence-electron chi connectivity index (χ1n) is 11.0. The van der Waals surface area contributed by atoms with E-state index in [1.165, 1.54) is 18.5 Å². The van der Waals surface area contributed by atoms with Gasteiger partial charge in [0.05, 0.1) is 19.1 Å². The van der Waals surface area contributed by atoms with Gasteiger partial charge in [0.25, 0.3) is 0 Å². The average molecular weight is 510 g/mol. The Kier molecular flexibility index (Phi) is 10.2. The molecule has 2 amide bonds. The summed E-state index contributed by atoms with van der Waals surface area (Å²) in [7, 11) is -0.532.